The number of halogens is 1. The average molecular weight is 373 g/mol. The second kappa shape index (κ2) is 9.04. The molecule has 1 heterocycles. The van der Waals surface area contributed by atoms with Crippen molar-refractivity contribution in [2.45, 2.75) is 51.2 Å². The van der Waals surface area contributed by atoms with Gasteiger partial charge in [0, 0.05) is 29.0 Å². The maximum Gasteiger partial charge on any atom is 0.251 e. The normalized spacial score (nSPS) is 21.0. The van der Waals surface area contributed by atoms with Crippen molar-refractivity contribution in [2.24, 2.45) is 5.92 Å². The molecule has 1 fully saturated rings. The van der Waals surface area contributed by atoms with Crippen LogP contribution >= 0.6 is 11.6 Å². The third-order valence-electron chi connectivity index (χ3n) is 5.10. The van der Waals surface area contributed by atoms with E-state index >= 15 is 0 Å². The van der Waals surface area contributed by atoms with Crippen molar-refractivity contribution < 1.29 is 9.53 Å². The zero-order valence-electron chi connectivity index (χ0n) is 15.0. The maximum atomic E-state index is 12.5. The molecule has 1 aliphatic rings. The number of nitrogens with zero attached hydrogens (tertiary/aromatic N) is 1. The van der Waals surface area contributed by atoms with Gasteiger partial charge in [-0.05, 0) is 74.4 Å². The summed E-state index contributed by atoms with van der Waals surface area (Å²) < 4.78 is 6.04. The van der Waals surface area contributed by atoms with E-state index in [1.54, 1.807) is 36.7 Å². The van der Waals surface area contributed by atoms with Crippen molar-refractivity contribution in [3.8, 4) is 5.75 Å². The molecule has 1 aromatic carbocycles. The molecule has 0 aliphatic heterocycles. The van der Waals surface area contributed by atoms with E-state index in [-0.39, 0.29) is 18.1 Å². The largest absolute Gasteiger partial charge is 0.490 e. The van der Waals surface area contributed by atoms with Crippen LogP contribution < -0.4 is 10.1 Å². The fourth-order valence-electron chi connectivity index (χ4n) is 3.62. The number of hydrogen-bond acceptors (Lipinski definition) is 3. The lowest BCUT2D eigenvalue weighted by atomic mass is 9.81. The van der Waals surface area contributed by atoms with Gasteiger partial charge in [-0.3, -0.25) is 9.78 Å². The van der Waals surface area contributed by atoms with Gasteiger partial charge in [0.25, 0.3) is 5.91 Å². The number of rotatable bonds is 6. The minimum absolute atomic E-state index is 0.0244. The molecule has 0 spiro atoms. The third-order valence-corrected chi connectivity index (χ3v) is 5.36. The molecular weight excluding hydrogens is 348 g/mol. The lowest BCUT2D eigenvalue weighted by molar-refractivity contribution is 0.0870. The van der Waals surface area contributed by atoms with Crippen molar-refractivity contribution >= 4 is 17.5 Å². The van der Waals surface area contributed by atoms with Crippen LogP contribution in [-0.4, -0.2) is 23.0 Å². The number of ether oxygens (including phenoxy) is 1. The van der Waals surface area contributed by atoms with Gasteiger partial charge in [0.2, 0.25) is 0 Å². The van der Waals surface area contributed by atoms with E-state index in [4.69, 9.17) is 16.3 Å². The fourth-order valence-corrected chi connectivity index (χ4v) is 3.75. The predicted molar refractivity (Wildman–Crippen MR) is 104 cm³/mol. The predicted octanol–water partition coefficient (Wildman–Crippen LogP) is 4.88. The first-order valence-electron chi connectivity index (χ1n) is 9.29. The lowest BCUT2D eigenvalue weighted by Gasteiger charge is -2.34. The minimum atomic E-state index is -0.0244. The van der Waals surface area contributed by atoms with Gasteiger partial charge >= 0.3 is 0 Å². The molecule has 1 saturated carbocycles. The van der Waals surface area contributed by atoms with Crippen molar-refractivity contribution in [1.29, 1.82) is 0 Å². The van der Waals surface area contributed by atoms with Crippen LogP contribution in [0.25, 0.3) is 0 Å². The van der Waals surface area contributed by atoms with Crippen LogP contribution in [0, 0.1) is 5.92 Å². The first-order valence-corrected chi connectivity index (χ1v) is 9.66. The molecule has 1 aliphatic carbocycles. The van der Waals surface area contributed by atoms with Gasteiger partial charge in [-0.15, -0.1) is 0 Å². The summed E-state index contributed by atoms with van der Waals surface area (Å²) in [6.45, 7) is 2.13. The first-order chi connectivity index (χ1) is 12.7. The van der Waals surface area contributed by atoms with E-state index in [1.807, 2.05) is 12.1 Å². The van der Waals surface area contributed by atoms with Gasteiger partial charge < -0.3 is 10.1 Å². The van der Waals surface area contributed by atoms with Crippen molar-refractivity contribution in [3.05, 3.63) is 59.4 Å². The quantitative estimate of drug-likeness (QED) is 0.786. The molecule has 0 radical (unpaired) electrons. The summed E-state index contributed by atoms with van der Waals surface area (Å²) in [5.41, 5.74) is 0.655. The number of carbonyl (C=O) groups is 1. The first kappa shape index (κ1) is 18.7. The SMILES string of the molecule is CCC(NC(=O)c1ccc(Cl)cc1)[C@H]1CC[C@@H](Oc2ccncc2)CC1. The van der Waals surface area contributed by atoms with Crippen LogP contribution in [0.5, 0.6) is 5.75 Å². The average Bonchev–Trinajstić information content (AvgIpc) is 2.68. The van der Waals surface area contributed by atoms with Crippen LogP contribution in [0.15, 0.2) is 48.8 Å². The number of nitrogens with one attached hydrogen (secondary N) is 1. The molecule has 1 N–H and O–H groups in total. The highest BCUT2D eigenvalue weighted by atomic mass is 35.5. The molecule has 2 aromatic rings. The van der Waals surface area contributed by atoms with Gasteiger partial charge in [-0.25, -0.2) is 0 Å². The summed E-state index contributed by atoms with van der Waals surface area (Å²) in [5.74, 6) is 1.35. The van der Waals surface area contributed by atoms with Gasteiger partial charge in [0.15, 0.2) is 0 Å². The third kappa shape index (κ3) is 4.98. The van der Waals surface area contributed by atoms with Crippen LogP contribution in [0.3, 0.4) is 0 Å². The highest BCUT2D eigenvalue weighted by Gasteiger charge is 2.28. The molecule has 3 rings (SSSR count). The second-order valence-corrected chi connectivity index (χ2v) is 7.27. The molecule has 138 valence electrons. The maximum absolute atomic E-state index is 12.5. The molecule has 1 aromatic heterocycles. The minimum Gasteiger partial charge on any atom is -0.490 e. The van der Waals surface area contributed by atoms with Crippen LogP contribution in [0.2, 0.25) is 5.02 Å². The molecule has 4 nitrogen and oxygen atoms in total. The van der Waals surface area contributed by atoms with E-state index in [2.05, 4.69) is 17.2 Å². The smallest absolute Gasteiger partial charge is 0.251 e. The van der Waals surface area contributed by atoms with E-state index in [0.29, 0.717) is 16.5 Å². The number of pyridine rings is 1. The van der Waals surface area contributed by atoms with Gasteiger partial charge in [0.1, 0.15) is 5.75 Å². The Hall–Kier alpha value is -2.07. The Morgan fingerprint density at radius 2 is 1.81 bits per heavy atom. The molecule has 1 unspecified atom stereocenters. The number of aromatic nitrogens is 1. The van der Waals surface area contributed by atoms with Gasteiger partial charge in [-0.1, -0.05) is 18.5 Å². The molecule has 1 atom stereocenters. The Bertz CT molecular complexity index is 698. The summed E-state index contributed by atoms with van der Waals surface area (Å²) in [6, 6.07) is 11.0. The Morgan fingerprint density at radius 3 is 2.42 bits per heavy atom. The molecule has 0 saturated heterocycles. The zero-order chi connectivity index (χ0) is 18.4. The summed E-state index contributed by atoms with van der Waals surface area (Å²) in [4.78, 5) is 16.5. The summed E-state index contributed by atoms with van der Waals surface area (Å²) in [6.07, 6.45) is 8.84. The Kier molecular flexibility index (Phi) is 6.51. The zero-order valence-corrected chi connectivity index (χ0v) is 15.8. The Morgan fingerprint density at radius 1 is 1.15 bits per heavy atom. The number of benzene rings is 1. The van der Waals surface area contributed by atoms with E-state index < -0.39 is 0 Å². The van der Waals surface area contributed by atoms with Gasteiger partial charge in [0.05, 0.1) is 6.10 Å². The van der Waals surface area contributed by atoms with E-state index in [9.17, 15) is 4.79 Å². The van der Waals surface area contributed by atoms with Gasteiger partial charge in [-0.2, -0.15) is 0 Å². The Labute approximate surface area is 159 Å². The summed E-state index contributed by atoms with van der Waals surface area (Å²) in [5, 5.41) is 3.85. The van der Waals surface area contributed by atoms with Crippen molar-refractivity contribution in [3.63, 3.8) is 0 Å². The molecule has 5 heteroatoms. The number of carbonyl (C=O) groups excluding carboxylic acids is 1. The monoisotopic (exact) mass is 372 g/mol. The number of amides is 1. The lowest BCUT2D eigenvalue weighted by Crippen LogP contribution is -2.42. The van der Waals surface area contributed by atoms with Crippen molar-refractivity contribution in [1.82, 2.24) is 10.3 Å². The standard InChI is InChI=1S/C21H25ClN2O2/c1-2-20(24-21(25)16-3-7-17(22)8-4-16)15-5-9-18(10-6-15)26-19-11-13-23-14-12-19/h3-4,7-8,11-15,18,20H,2,5-6,9-10H2,1H3,(H,24,25)/t15-,18+,20?. The summed E-state index contributed by atoms with van der Waals surface area (Å²) in [7, 11) is 0. The fraction of sp³-hybridized carbons (Fsp3) is 0.429. The Balaban J connectivity index is 1.51. The highest BCUT2D eigenvalue weighted by Crippen LogP contribution is 2.30. The van der Waals surface area contributed by atoms with E-state index in [1.165, 1.54) is 0 Å². The van der Waals surface area contributed by atoms with Crippen LogP contribution in [-0.2, 0) is 0 Å². The topological polar surface area (TPSA) is 51.2 Å². The molecule has 1 amide bonds. The second-order valence-electron chi connectivity index (χ2n) is 6.83. The van der Waals surface area contributed by atoms with Crippen molar-refractivity contribution in [2.75, 3.05) is 0 Å². The molecule has 26 heavy (non-hydrogen) atoms. The van der Waals surface area contributed by atoms with Crippen LogP contribution in [0.1, 0.15) is 49.4 Å². The molecular formula is C21H25ClN2O2. The number of hydrogen-bond donors (Lipinski definition) is 1. The van der Waals surface area contributed by atoms with E-state index in [0.717, 1.165) is 37.9 Å². The highest BCUT2D eigenvalue weighted by molar-refractivity contribution is 6.30. The van der Waals surface area contributed by atoms with Crippen LogP contribution in [0.4, 0.5) is 0 Å². The molecule has 0 bridgehead atoms. The summed E-state index contributed by atoms with van der Waals surface area (Å²) >= 11 is 5.90.